The molecule has 140 valence electrons. The molecule has 1 N–H and O–H groups in total. The lowest BCUT2D eigenvalue weighted by Gasteiger charge is -2.34. The minimum atomic E-state index is -2.87. The van der Waals surface area contributed by atoms with Gasteiger partial charge in [0, 0.05) is 22.4 Å². The number of piperazine rings is 1. The summed E-state index contributed by atoms with van der Waals surface area (Å²) in [6, 6.07) is 5.52. The number of rotatable bonds is 2. The number of nitrogens with one attached hydrogen (secondary N) is 1. The molecule has 2 aliphatic heterocycles. The van der Waals surface area contributed by atoms with Crippen LogP contribution >= 0.6 is 11.6 Å². The normalized spacial score (nSPS) is 23.6. The third-order valence-corrected chi connectivity index (χ3v) is 7.60. The number of hydrogen-bond donors (Lipinski definition) is 1. The van der Waals surface area contributed by atoms with Crippen molar-refractivity contribution in [2.24, 2.45) is 0 Å². The average Bonchev–Trinajstić information content (AvgIpc) is 3.14. The lowest BCUT2D eigenvalue weighted by Crippen LogP contribution is -3.18. The molecule has 2 fully saturated rings. The minimum Gasteiger partial charge on any atom is -0.451 e. The first-order valence-corrected chi connectivity index (χ1v) is 11.1. The molecule has 0 spiro atoms. The van der Waals surface area contributed by atoms with E-state index in [2.05, 4.69) is 0 Å². The van der Waals surface area contributed by atoms with Gasteiger partial charge in [0.1, 0.15) is 17.4 Å². The Hall–Kier alpha value is -1.57. The third kappa shape index (κ3) is 3.23. The molecule has 0 aliphatic carbocycles. The molecule has 0 unspecified atom stereocenters. The van der Waals surface area contributed by atoms with Crippen LogP contribution in [0.3, 0.4) is 0 Å². The molecular formula is C18H22ClN2O4S+. The number of sulfone groups is 1. The maximum atomic E-state index is 12.9. The molecule has 8 heteroatoms. The van der Waals surface area contributed by atoms with E-state index in [0.717, 1.165) is 30.5 Å². The van der Waals surface area contributed by atoms with Crippen LogP contribution < -0.4 is 4.90 Å². The van der Waals surface area contributed by atoms with Gasteiger partial charge in [-0.15, -0.1) is 0 Å². The first-order valence-electron chi connectivity index (χ1n) is 8.87. The van der Waals surface area contributed by atoms with Gasteiger partial charge in [-0.25, -0.2) is 8.42 Å². The van der Waals surface area contributed by atoms with Crippen LogP contribution in [0.2, 0.25) is 5.02 Å². The summed E-state index contributed by atoms with van der Waals surface area (Å²) in [6.45, 7) is 4.65. The molecule has 0 radical (unpaired) electrons. The predicted molar refractivity (Wildman–Crippen MR) is 99.6 cm³/mol. The first-order chi connectivity index (χ1) is 12.3. The summed E-state index contributed by atoms with van der Waals surface area (Å²) >= 11 is 6.04. The number of carbonyl (C=O) groups excluding carboxylic acids is 1. The van der Waals surface area contributed by atoms with Crippen LogP contribution in [0.5, 0.6) is 0 Å². The van der Waals surface area contributed by atoms with Crippen molar-refractivity contribution < 1.29 is 22.5 Å². The van der Waals surface area contributed by atoms with Gasteiger partial charge in [0.05, 0.1) is 31.9 Å². The molecule has 6 nitrogen and oxygen atoms in total. The second-order valence-electron chi connectivity index (χ2n) is 7.25. The van der Waals surface area contributed by atoms with Crippen molar-refractivity contribution in [2.75, 3.05) is 37.7 Å². The van der Waals surface area contributed by atoms with E-state index in [-0.39, 0.29) is 17.7 Å². The topological polar surface area (TPSA) is 72.0 Å². The number of furan rings is 1. The highest BCUT2D eigenvalue weighted by Crippen LogP contribution is 2.28. The van der Waals surface area contributed by atoms with Crippen LogP contribution in [-0.4, -0.2) is 63.0 Å². The Labute approximate surface area is 157 Å². The van der Waals surface area contributed by atoms with E-state index < -0.39 is 9.84 Å². The number of aryl methyl sites for hydroxylation is 1. The Morgan fingerprint density at radius 2 is 2.04 bits per heavy atom. The fourth-order valence-corrected chi connectivity index (χ4v) is 6.06. The molecule has 1 atom stereocenters. The molecular weight excluding hydrogens is 376 g/mol. The van der Waals surface area contributed by atoms with E-state index >= 15 is 0 Å². The van der Waals surface area contributed by atoms with Crippen molar-refractivity contribution in [2.45, 2.75) is 19.4 Å². The summed E-state index contributed by atoms with van der Waals surface area (Å²) in [5.41, 5.74) is 1.47. The molecule has 2 aliphatic rings. The van der Waals surface area contributed by atoms with Crippen molar-refractivity contribution in [3.8, 4) is 0 Å². The van der Waals surface area contributed by atoms with Crippen LogP contribution in [0.25, 0.3) is 11.0 Å². The minimum absolute atomic E-state index is 0.104. The average molecular weight is 398 g/mol. The van der Waals surface area contributed by atoms with Crippen molar-refractivity contribution in [1.29, 1.82) is 0 Å². The second kappa shape index (κ2) is 6.55. The van der Waals surface area contributed by atoms with Crippen LogP contribution in [0.1, 0.15) is 22.5 Å². The van der Waals surface area contributed by atoms with E-state index in [1.165, 1.54) is 4.90 Å². The van der Waals surface area contributed by atoms with E-state index in [0.29, 0.717) is 35.2 Å². The van der Waals surface area contributed by atoms with Crippen molar-refractivity contribution in [1.82, 2.24) is 4.90 Å². The van der Waals surface area contributed by atoms with Crippen LogP contribution in [0.4, 0.5) is 0 Å². The van der Waals surface area contributed by atoms with Crippen LogP contribution in [-0.2, 0) is 9.84 Å². The highest BCUT2D eigenvalue weighted by molar-refractivity contribution is 7.91. The molecule has 0 bridgehead atoms. The number of nitrogens with zero attached hydrogens (tertiary/aromatic N) is 1. The van der Waals surface area contributed by atoms with Gasteiger partial charge in [-0.3, -0.25) is 4.79 Å². The Kier molecular flexibility index (Phi) is 4.49. The summed E-state index contributed by atoms with van der Waals surface area (Å²) in [5.74, 6) is 0.839. The number of benzene rings is 1. The zero-order valence-electron chi connectivity index (χ0n) is 14.6. The lowest BCUT2D eigenvalue weighted by atomic mass is 10.1. The molecule has 3 heterocycles. The fraction of sp³-hybridized carbons (Fsp3) is 0.500. The Bertz CT molecular complexity index is 961. The van der Waals surface area contributed by atoms with Gasteiger partial charge in [0.25, 0.3) is 5.91 Å². The Morgan fingerprint density at radius 3 is 2.69 bits per heavy atom. The summed E-state index contributed by atoms with van der Waals surface area (Å²) in [4.78, 5) is 16.0. The lowest BCUT2D eigenvalue weighted by molar-refractivity contribution is -0.925. The Balaban J connectivity index is 1.46. The largest absolute Gasteiger partial charge is 0.451 e. The van der Waals surface area contributed by atoms with Gasteiger partial charge in [-0.05, 0) is 25.1 Å². The molecule has 2 aromatic rings. The van der Waals surface area contributed by atoms with E-state index in [9.17, 15) is 13.2 Å². The second-order valence-corrected chi connectivity index (χ2v) is 9.91. The molecule has 1 amide bonds. The molecule has 2 saturated heterocycles. The van der Waals surface area contributed by atoms with Gasteiger partial charge in [-0.2, -0.15) is 0 Å². The van der Waals surface area contributed by atoms with Gasteiger partial charge in [-0.1, -0.05) is 11.6 Å². The number of carbonyl (C=O) groups is 1. The van der Waals surface area contributed by atoms with E-state index in [1.807, 2.05) is 13.0 Å². The number of halogens is 1. The predicted octanol–water partition coefficient (Wildman–Crippen LogP) is 0.922. The van der Waals surface area contributed by atoms with E-state index in [1.54, 1.807) is 17.0 Å². The Morgan fingerprint density at radius 1 is 1.31 bits per heavy atom. The van der Waals surface area contributed by atoms with Gasteiger partial charge >= 0.3 is 0 Å². The van der Waals surface area contributed by atoms with Crippen molar-refractivity contribution >= 4 is 38.3 Å². The number of amides is 1. The molecule has 26 heavy (non-hydrogen) atoms. The SMILES string of the molecule is Cc1c(C(=O)N2CC[NH+]([C@H]3CCS(=O)(=O)C3)CC2)oc2ccc(Cl)cc12. The maximum Gasteiger partial charge on any atom is 0.290 e. The van der Waals surface area contributed by atoms with Gasteiger partial charge in [0.2, 0.25) is 0 Å². The molecule has 4 rings (SSSR count). The monoisotopic (exact) mass is 397 g/mol. The number of hydrogen-bond acceptors (Lipinski definition) is 4. The highest BCUT2D eigenvalue weighted by Gasteiger charge is 2.38. The first kappa shape index (κ1) is 17.8. The summed E-state index contributed by atoms with van der Waals surface area (Å²) in [5, 5.41) is 1.48. The summed E-state index contributed by atoms with van der Waals surface area (Å²) in [7, 11) is -2.87. The maximum absolute atomic E-state index is 12.9. The fourth-order valence-electron chi connectivity index (χ4n) is 4.06. The van der Waals surface area contributed by atoms with Crippen molar-refractivity contribution in [3.63, 3.8) is 0 Å². The quantitative estimate of drug-likeness (QED) is 0.818. The standard InChI is InChI=1S/C18H21ClN2O4S/c1-12-15-10-13(19)2-3-16(15)25-17(12)18(22)21-7-5-20(6-8-21)14-4-9-26(23,24)11-14/h2-3,10,14H,4-9,11H2,1H3/p+1/t14-/m0/s1. The zero-order valence-corrected chi connectivity index (χ0v) is 16.2. The zero-order chi connectivity index (χ0) is 18.5. The molecule has 1 aromatic carbocycles. The van der Waals surface area contributed by atoms with Crippen LogP contribution in [0, 0.1) is 6.92 Å². The van der Waals surface area contributed by atoms with Gasteiger partial charge in [0.15, 0.2) is 15.6 Å². The van der Waals surface area contributed by atoms with E-state index in [4.69, 9.17) is 16.0 Å². The van der Waals surface area contributed by atoms with Crippen molar-refractivity contribution in [3.05, 3.63) is 34.5 Å². The van der Waals surface area contributed by atoms with Crippen LogP contribution in [0.15, 0.2) is 22.6 Å². The summed E-state index contributed by atoms with van der Waals surface area (Å²) < 4.78 is 29.2. The third-order valence-electron chi connectivity index (χ3n) is 5.60. The number of fused-ring (bicyclic) bond motifs is 1. The number of quaternary nitrogens is 1. The molecule has 0 saturated carbocycles. The smallest absolute Gasteiger partial charge is 0.290 e. The highest BCUT2D eigenvalue weighted by atomic mass is 35.5. The van der Waals surface area contributed by atoms with Gasteiger partial charge < -0.3 is 14.2 Å². The molecule has 1 aromatic heterocycles. The summed E-state index contributed by atoms with van der Waals surface area (Å²) in [6.07, 6.45) is 0.731.